The molecule has 0 saturated carbocycles. The number of aromatic nitrogens is 2. The fourth-order valence-electron chi connectivity index (χ4n) is 1.23. The van der Waals surface area contributed by atoms with Crippen LogP contribution in [0.2, 0.25) is 10.0 Å². The molecule has 0 amide bonds. The molecular weight excluding hydrogens is 247 g/mol. The summed E-state index contributed by atoms with van der Waals surface area (Å²) < 4.78 is 0. The van der Waals surface area contributed by atoms with Gasteiger partial charge in [-0.3, -0.25) is 9.78 Å². The van der Waals surface area contributed by atoms with E-state index >= 15 is 0 Å². The van der Waals surface area contributed by atoms with E-state index in [1.54, 1.807) is 12.1 Å². The zero-order valence-electron chi connectivity index (χ0n) is 8.02. The first-order valence-electron chi connectivity index (χ1n) is 4.44. The SMILES string of the molecule is O=C(c1cnccn1)c1ccc(Cl)cc1Cl. The molecule has 5 heteroatoms. The number of hydrogen-bond donors (Lipinski definition) is 0. The van der Waals surface area contributed by atoms with Gasteiger partial charge in [-0.1, -0.05) is 23.2 Å². The third kappa shape index (κ3) is 2.21. The molecular formula is C11H6Cl2N2O. The maximum absolute atomic E-state index is 11.9. The van der Waals surface area contributed by atoms with Gasteiger partial charge in [-0.25, -0.2) is 4.98 Å². The number of benzene rings is 1. The van der Waals surface area contributed by atoms with Crippen LogP contribution in [-0.2, 0) is 0 Å². The van der Waals surface area contributed by atoms with E-state index < -0.39 is 0 Å². The zero-order valence-corrected chi connectivity index (χ0v) is 9.53. The molecule has 0 aliphatic rings. The van der Waals surface area contributed by atoms with Gasteiger partial charge in [0.1, 0.15) is 5.69 Å². The van der Waals surface area contributed by atoms with Gasteiger partial charge in [0.15, 0.2) is 0 Å². The number of ketones is 1. The minimum Gasteiger partial charge on any atom is -0.287 e. The molecule has 0 aliphatic carbocycles. The molecule has 0 saturated heterocycles. The molecule has 0 spiro atoms. The first-order valence-corrected chi connectivity index (χ1v) is 5.20. The van der Waals surface area contributed by atoms with Crippen molar-refractivity contribution in [3.05, 3.63) is 58.1 Å². The number of carbonyl (C=O) groups excluding carboxylic acids is 1. The van der Waals surface area contributed by atoms with E-state index in [1.165, 1.54) is 24.7 Å². The average Bonchev–Trinajstić information content (AvgIpc) is 2.29. The van der Waals surface area contributed by atoms with Crippen molar-refractivity contribution in [3.8, 4) is 0 Å². The molecule has 80 valence electrons. The van der Waals surface area contributed by atoms with Crippen molar-refractivity contribution in [1.29, 1.82) is 0 Å². The molecule has 2 rings (SSSR count). The van der Waals surface area contributed by atoms with Gasteiger partial charge in [0.25, 0.3) is 0 Å². The Morgan fingerprint density at radius 2 is 2.00 bits per heavy atom. The van der Waals surface area contributed by atoms with Crippen molar-refractivity contribution >= 4 is 29.0 Å². The number of hydrogen-bond acceptors (Lipinski definition) is 3. The summed E-state index contributed by atoms with van der Waals surface area (Å²) >= 11 is 11.7. The van der Waals surface area contributed by atoms with Crippen molar-refractivity contribution in [2.24, 2.45) is 0 Å². The summed E-state index contributed by atoms with van der Waals surface area (Å²) in [5.41, 5.74) is 0.623. The monoisotopic (exact) mass is 252 g/mol. The molecule has 3 nitrogen and oxygen atoms in total. The first-order chi connectivity index (χ1) is 7.68. The molecule has 16 heavy (non-hydrogen) atoms. The van der Waals surface area contributed by atoms with Gasteiger partial charge in [-0.05, 0) is 18.2 Å². The van der Waals surface area contributed by atoms with Gasteiger partial charge < -0.3 is 0 Å². The molecule has 1 heterocycles. The van der Waals surface area contributed by atoms with E-state index in [9.17, 15) is 4.79 Å². The van der Waals surface area contributed by atoms with Crippen LogP contribution in [0, 0.1) is 0 Å². The third-order valence-electron chi connectivity index (χ3n) is 1.97. The van der Waals surface area contributed by atoms with Crippen LogP contribution in [-0.4, -0.2) is 15.8 Å². The summed E-state index contributed by atoms with van der Waals surface area (Å²) in [7, 11) is 0. The number of halogens is 2. The minimum atomic E-state index is -0.269. The van der Waals surface area contributed by atoms with Crippen LogP contribution in [0.1, 0.15) is 16.1 Å². The van der Waals surface area contributed by atoms with Gasteiger partial charge >= 0.3 is 0 Å². The van der Waals surface area contributed by atoms with Crippen LogP contribution in [0.25, 0.3) is 0 Å². The Morgan fingerprint density at radius 3 is 2.62 bits per heavy atom. The fraction of sp³-hybridized carbons (Fsp3) is 0. The highest BCUT2D eigenvalue weighted by Gasteiger charge is 2.14. The van der Waals surface area contributed by atoms with Crippen LogP contribution in [0.3, 0.4) is 0 Å². The molecule has 0 radical (unpaired) electrons. The fourth-order valence-corrected chi connectivity index (χ4v) is 1.72. The van der Waals surface area contributed by atoms with Crippen molar-refractivity contribution in [2.75, 3.05) is 0 Å². The van der Waals surface area contributed by atoms with Crippen LogP contribution < -0.4 is 0 Å². The summed E-state index contributed by atoms with van der Waals surface area (Å²) in [6.07, 6.45) is 4.35. The lowest BCUT2D eigenvalue weighted by Gasteiger charge is -2.02. The van der Waals surface area contributed by atoms with Crippen LogP contribution in [0.4, 0.5) is 0 Å². The summed E-state index contributed by atoms with van der Waals surface area (Å²) in [6, 6.07) is 4.70. The van der Waals surface area contributed by atoms with Gasteiger partial charge in [-0.15, -0.1) is 0 Å². The van der Waals surface area contributed by atoms with E-state index in [0.717, 1.165) is 0 Å². The highest BCUT2D eigenvalue weighted by atomic mass is 35.5. The molecule has 0 bridgehead atoms. The van der Waals surface area contributed by atoms with Crippen molar-refractivity contribution in [3.63, 3.8) is 0 Å². The standard InChI is InChI=1S/C11H6Cl2N2O/c12-7-1-2-8(9(13)5-7)11(16)10-6-14-3-4-15-10/h1-6H. The van der Waals surface area contributed by atoms with Crippen LogP contribution >= 0.6 is 23.2 Å². The summed E-state index contributed by atoms with van der Waals surface area (Å²) in [5, 5.41) is 0.795. The quantitative estimate of drug-likeness (QED) is 0.772. The maximum Gasteiger partial charge on any atom is 0.214 e. The number of nitrogens with zero attached hydrogens (tertiary/aromatic N) is 2. The Bertz CT molecular complexity index is 529. The van der Waals surface area contributed by atoms with E-state index in [-0.39, 0.29) is 11.5 Å². The number of carbonyl (C=O) groups is 1. The Hall–Kier alpha value is -1.45. The lowest BCUT2D eigenvalue weighted by atomic mass is 10.1. The normalized spacial score (nSPS) is 10.1. The number of rotatable bonds is 2. The molecule has 0 atom stereocenters. The first kappa shape index (κ1) is 11.0. The Labute approximate surface area is 102 Å². The molecule has 0 N–H and O–H groups in total. The van der Waals surface area contributed by atoms with Crippen molar-refractivity contribution in [2.45, 2.75) is 0 Å². The van der Waals surface area contributed by atoms with Gasteiger partial charge in [0, 0.05) is 23.0 Å². The Morgan fingerprint density at radius 1 is 1.19 bits per heavy atom. The highest BCUT2D eigenvalue weighted by Crippen LogP contribution is 2.22. The summed E-state index contributed by atoms with van der Waals surface area (Å²) in [5.74, 6) is -0.269. The van der Waals surface area contributed by atoms with E-state index in [2.05, 4.69) is 9.97 Å². The zero-order chi connectivity index (χ0) is 11.5. The molecule has 2 aromatic rings. The lowest BCUT2D eigenvalue weighted by Crippen LogP contribution is -2.04. The maximum atomic E-state index is 11.9. The van der Waals surface area contributed by atoms with E-state index in [4.69, 9.17) is 23.2 Å². The third-order valence-corrected chi connectivity index (χ3v) is 2.52. The minimum absolute atomic E-state index is 0.256. The van der Waals surface area contributed by atoms with Gasteiger partial charge in [0.2, 0.25) is 5.78 Å². The highest BCUT2D eigenvalue weighted by molar-refractivity contribution is 6.37. The second kappa shape index (κ2) is 4.60. The largest absolute Gasteiger partial charge is 0.287 e. The second-order valence-electron chi connectivity index (χ2n) is 3.04. The summed E-state index contributed by atoms with van der Waals surface area (Å²) in [6.45, 7) is 0. The predicted molar refractivity (Wildman–Crippen MR) is 61.9 cm³/mol. The lowest BCUT2D eigenvalue weighted by molar-refractivity contribution is 0.103. The molecule has 1 aromatic carbocycles. The second-order valence-corrected chi connectivity index (χ2v) is 3.89. The molecule has 0 unspecified atom stereocenters. The van der Waals surface area contributed by atoms with E-state index in [0.29, 0.717) is 15.6 Å². The molecule has 0 aliphatic heterocycles. The van der Waals surface area contributed by atoms with Gasteiger partial charge in [0.05, 0.1) is 11.2 Å². The van der Waals surface area contributed by atoms with Crippen molar-refractivity contribution < 1.29 is 4.79 Å². The molecule has 1 aromatic heterocycles. The predicted octanol–water partition coefficient (Wildman–Crippen LogP) is 3.01. The van der Waals surface area contributed by atoms with E-state index in [1.807, 2.05) is 0 Å². The molecule has 0 fully saturated rings. The summed E-state index contributed by atoms with van der Waals surface area (Å²) in [4.78, 5) is 19.7. The van der Waals surface area contributed by atoms with Crippen molar-refractivity contribution in [1.82, 2.24) is 9.97 Å². The van der Waals surface area contributed by atoms with Crippen LogP contribution in [0.15, 0.2) is 36.8 Å². The Kier molecular flexibility index (Phi) is 3.17. The van der Waals surface area contributed by atoms with Crippen LogP contribution in [0.5, 0.6) is 0 Å². The topological polar surface area (TPSA) is 42.9 Å². The van der Waals surface area contributed by atoms with Gasteiger partial charge in [-0.2, -0.15) is 0 Å². The average molecular weight is 253 g/mol. The Balaban J connectivity index is 2.42. The smallest absolute Gasteiger partial charge is 0.214 e.